The van der Waals surface area contributed by atoms with Crippen molar-refractivity contribution in [2.75, 3.05) is 5.32 Å². The van der Waals surface area contributed by atoms with Crippen molar-refractivity contribution < 1.29 is 14.7 Å². The third kappa shape index (κ3) is 2.53. The number of fused-ring (bicyclic) bond motifs is 2. The molecule has 4 rings (SSSR count). The second-order valence-corrected chi connectivity index (χ2v) is 5.92. The maximum absolute atomic E-state index is 13.0. The van der Waals surface area contributed by atoms with Crippen LogP contribution in [0.15, 0.2) is 66.7 Å². The normalized spacial score (nSPS) is 12.5. The zero-order chi connectivity index (χ0) is 17.4. The quantitative estimate of drug-likeness (QED) is 0.601. The molecule has 122 valence electrons. The summed E-state index contributed by atoms with van der Waals surface area (Å²) in [7, 11) is 0. The lowest BCUT2D eigenvalue weighted by Crippen LogP contribution is -2.22. The minimum Gasteiger partial charge on any atom is -0.392 e. The number of carbonyl (C=O) groups excluding carboxylic acids is 2. The second-order valence-electron chi connectivity index (χ2n) is 5.92. The molecule has 0 spiro atoms. The Morgan fingerprint density at radius 3 is 2.20 bits per heavy atom. The highest BCUT2D eigenvalue weighted by Gasteiger charge is 2.31. The van der Waals surface area contributed by atoms with Crippen molar-refractivity contribution in [3.8, 4) is 0 Å². The monoisotopic (exact) mass is 329 g/mol. The van der Waals surface area contributed by atoms with Crippen LogP contribution in [0.4, 0.5) is 11.4 Å². The Morgan fingerprint density at radius 2 is 1.44 bits per heavy atom. The van der Waals surface area contributed by atoms with Crippen molar-refractivity contribution in [1.82, 2.24) is 0 Å². The van der Waals surface area contributed by atoms with Gasteiger partial charge < -0.3 is 10.4 Å². The Hall–Kier alpha value is -3.24. The molecule has 0 saturated carbocycles. The number of benzene rings is 3. The van der Waals surface area contributed by atoms with Crippen LogP contribution in [0, 0.1) is 0 Å². The van der Waals surface area contributed by atoms with Crippen molar-refractivity contribution in [2.45, 2.75) is 6.61 Å². The highest BCUT2D eigenvalue weighted by molar-refractivity contribution is 6.30. The van der Waals surface area contributed by atoms with E-state index in [0.717, 1.165) is 11.3 Å². The Labute approximate surface area is 144 Å². The lowest BCUT2D eigenvalue weighted by atomic mass is 9.83. The average molecular weight is 329 g/mol. The van der Waals surface area contributed by atoms with Gasteiger partial charge in [0.25, 0.3) is 0 Å². The van der Waals surface area contributed by atoms with Gasteiger partial charge in [0.1, 0.15) is 0 Å². The van der Waals surface area contributed by atoms with Gasteiger partial charge in [0.05, 0.1) is 17.9 Å². The summed E-state index contributed by atoms with van der Waals surface area (Å²) in [5.41, 5.74) is 3.77. The highest BCUT2D eigenvalue weighted by Crippen LogP contribution is 2.33. The molecule has 0 fully saturated rings. The number of anilines is 2. The molecule has 0 bridgehead atoms. The molecule has 0 aliphatic heterocycles. The number of ketones is 2. The van der Waals surface area contributed by atoms with E-state index in [0.29, 0.717) is 27.9 Å². The van der Waals surface area contributed by atoms with Gasteiger partial charge in [0.2, 0.25) is 0 Å². The van der Waals surface area contributed by atoms with Crippen LogP contribution in [0.3, 0.4) is 0 Å². The van der Waals surface area contributed by atoms with Gasteiger partial charge in [0.15, 0.2) is 11.6 Å². The van der Waals surface area contributed by atoms with Crippen LogP contribution in [0.1, 0.15) is 37.4 Å². The molecule has 0 radical (unpaired) electrons. The standard InChI is InChI=1S/C21H15NO3/c23-12-13-5-3-6-14(11-13)22-18-10-4-9-17-19(18)21(25)16-8-2-1-7-15(16)20(17)24/h1-11,22-23H,12H2. The molecular weight excluding hydrogens is 314 g/mol. The molecule has 1 aliphatic carbocycles. The topological polar surface area (TPSA) is 66.4 Å². The van der Waals surface area contributed by atoms with Crippen LogP contribution < -0.4 is 5.32 Å². The van der Waals surface area contributed by atoms with E-state index in [1.165, 1.54) is 0 Å². The van der Waals surface area contributed by atoms with Gasteiger partial charge in [-0.3, -0.25) is 9.59 Å². The van der Waals surface area contributed by atoms with Crippen LogP contribution in [0.5, 0.6) is 0 Å². The largest absolute Gasteiger partial charge is 0.392 e. The Bertz CT molecular complexity index is 1010. The maximum Gasteiger partial charge on any atom is 0.196 e. The smallest absolute Gasteiger partial charge is 0.196 e. The van der Waals surface area contributed by atoms with Crippen LogP contribution in [-0.4, -0.2) is 16.7 Å². The van der Waals surface area contributed by atoms with Gasteiger partial charge in [-0.15, -0.1) is 0 Å². The Kier molecular flexibility index (Phi) is 3.67. The summed E-state index contributed by atoms with van der Waals surface area (Å²) >= 11 is 0. The number of nitrogens with one attached hydrogen (secondary N) is 1. The number of aliphatic hydroxyl groups excluding tert-OH is 1. The third-order valence-corrected chi connectivity index (χ3v) is 4.34. The van der Waals surface area contributed by atoms with Gasteiger partial charge in [-0.05, 0) is 23.8 Å². The molecule has 0 saturated heterocycles. The summed E-state index contributed by atoms with van der Waals surface area (Å²) in [6, 6.07) is 19.4. The molecule has 0 heterocycles. The van der Waals surface area contributed by atoms with Gasteiger partial charge in [0, 0.05) is 22.4 Å². The first-order chi connectivity index (χ1) is 12.2. The van der Waals surface area contributed by atoms with E-state index in [1.807, 2.05) is 24.3 Å². The minimum absolute atomic E-state index is 0.0623. The van der Waals surface area contributed by atoms with E-state index in [1.54, 1.807) is 42.5 Å². The van der Waals surface area contributed by atoms with Crippen LogP contribution >= 0.6 is 0 Å². The molecule has 3 aromatic rings. The fourth-order valence-electron chi connectivity index (χ4n) is 3.15. The van der Waals surface area contributed by atoms with Gasteiger partial charge >= 0.3 is 0 Å². The van der Waals surface area contributed by atoms with Crippen LogP contribution in [0.2, 0.25) is 0 Å². The van der Waals surface area contributed by atoms with Crippen LogP contribution in [0.25, 0.3) is 0 Å². The van der Waals surface area contributed by atoms with Gasteiger partial charge in [-0.2, -0.15) is 0 Å². The molecule has 0 atom stereocenters. The van der Waals surface area contributed by atoms with Crippen molar-refractivity contribution in [3.05, 3.63) is 94.5 Å². The van der Waals surface area contributed by atoms with Crippen molar-refractivity contribution in [3.63, 3.8) is 0 Å². The molecule has 0 unspecified atom stereocenters. The van der Waals surface area contributed by atoms with E-state index >= 15 is 0 Å². The van der Waals surface area contributed by atoms with E-state index in [2.05, 4.69) is 5.32 Å². The molecule has 4 heteroatoms. The molecular formula is C21H15NO3. The lowest BCUT2D eigenvalue weighted by Gasteiger charge is -2.20. The van der Waals surface area contributed by atoms with Gasteiger partial charge in [-0.1, -0.05) is 48.5 Å². The molecule has 25 heavy (non-hydrogen) atoms. The predicted molar refractivity (Wildman–Crippen MR) is 95.4 cm³/mol. The Morgan fingerprint density at radius 1 is 0.760 bits per heavy atom. The van der Waals surface area contributed by atoms with Gasteiger partial charge in [-0.25, -0.2) is 0 Å². The fourth-order valence-corrected chi connectivity index (χ4v) is 3.15. The fraction of sp³-hybridized carbons (Fsp3) is 0.0476. The van der Waals surface area contributed by atoms with E-state index in [9.17, 15) is 14.7 Å². The first kappa shape index (κ1) is 15.3. The average Bonchev–Trinajstić information content (AvgIpc) is 2.66. The number of hydrogen-bond donors (Lipinski definition) is 2. The molecule has 0 aromatic heterocycles. The number of carbonyl (C=O) groups is 2. The number of hydrogen-bond acceptors (Lipinski definition) is 4. The SMILES string of the molecule is O=C1c2ccccc2C(=O)c2c(Nc3cccc(CO)c3)cccc21. The summed E-state index contributed by atoms with van der Waals surface area (Å²) in [5, 5.41) is 12.5. The zero-order valence-electron chi connectivity index (χ0n) is 13.3. The van der Waals surface area contributed by atoms with Crippen LogP contribution in [-0.2, 0) is 6.61 Å². The molecule has 3 aromatic carbocycles. The van der Waals surface area contributed by atoms with E-state index < -0.39 is 0 Å². The third-order valence-electron chi connectivity index (χ3n) is 4.34. The minimum atomic E-state index is -0.161. The van der Waals surface area contributed by atoms with E-state index in [-0.39, 0.29) is 18.2 Å². The lowest BCUT2D eigenvalue weighted by molar-refractivity contribution is 0.0979. The summed E-state index contributed by atoms with van der Waals surface area (Å²) in [4.78, 5) is 25.7. The van der Waals surface area contributed by atoms with Crippen molar-refractivity contribution in [1.29, 1.82) is 0 Å². The summed E-state index contributed by atoms with van der Waals surface area (Å²) in [6.07, 6.45) is 0. The first-order valence-corrected chi connectivity index (χ1v) is 7.97. The molecule has 2 N–H and O–H groups in total. The zero-order valence-corrected chi connectivity index (χ0v) is 13.3. The number of aliphatic hydroxyl groups is 1. The predicted octanol–water partition coefficient (Wildman–Crippen LogP) is 3.70. The van der Waals surface area contributed by atoms with E-state index in [4.69, 9.17) is 0 Å². The summed E-state index contributed by atoms with van der Waals surface area (Å²) < 4.78 is 0. The highest BCUT2D eigenvalue weighted by atomic mass is 16.3. The number of rotatable bonds is 3. The summed E-state index contributed by atoms with van der Waals surface area (Å²) in [5.74, 6) is -0.301. The Balaban J connectivity index is 1.82. The molecule has 1 aliphatic rings. The summed E-state index contributed by atoms with van der Waals surface area (Å²) in [6.45, 7) is -0.0623. The molecule has 0 amide bonds. The maximum atomic E-state index is 13.0. The second kappa shape index (κ2) is 6.00. The molecule has 4 nitrogen and oxygen atoms in total. The first-order valence-electron chi connectivity index (χ1n) is 7.97. The van der Waals surface area contributed by atoms with Crippen molar-refractivity contribution >= 4 is 22.9 Å². The van der Waals surface area contributed by atoms with Crippen molar-refractivity contribution in [2.24, 2.45) is 0 Å².